The van der Waals surface area contributed by atoms with Crippen molar-refractivity contribution in [3.8, 4) is 0 Å². The molecule has 11 heteroatoms. The Hall–Kier alpha value is -4.42. The summed E-state index contributed by atoms with van der Waals surface area (Å²) in [5.74, 6) is -0.558. The highest BCUT2D eigenvalue weighted by Gasteiger charge is 2.36. The Labute approximate surface area is 224 Å². The number of aliphatic imine (C=N–C) groups is 1. The smallest absolute Gasteiger partial charge is 0.282 e. The molecule has 1 aliphatic rings. The van der Waals surface area contributed by atoms with E-state index in [0.717, 1.165) is 16.5 Å². The number of amidine groups is 1. The van der Waals surface area contributed by atoms with Crippen LogP contribution in [0.15, 0.2) is 124 Å². The number of hydrogen-bond acceptors (Lipinski definition) is 6. The van der Waals surface area contributed by atoms with Gasteiger partial charge in [0.2, 0.25) is 0 Å². The van der Waals surface area contributed by atoms with Crippen LogP contribution in [-0.4, -0.2) is 37.7 Å². The van der Waals surface area contributed by atoms with E-state index in [4.69, 9.17) is 0 Å². The first kappa shape index (κ1) is 26.2. The quantitative estimate of drug-likeness (QED) is 0.257. The predicted molar refractivity (Wildman–Crippen MR) is 148 cm³/mol. The molecule has 4 aromatic rings. The van der Waals surface area contributed by atoms with Crippen molar-refractivity contribution in [2.45, 2.75) is 9.79 Å². The van der Waals surface area contributed by atoms with Gasteiger partial charge in [0.15, 0.2) is 0 Å². The zero-order valence-electron chi connectivity index (χ0n) is 20.0. The van der Waals surface area contributed by atoms with Crippen LogP contribution in [-0.2, 0) is 25.0 Å². The molecule has 0 bridgehead atoms. The molecule has 39 heavy (non-hydrogen) atoms. The van der Waals surface area contributed by atoms with Crippen molar-refractivity contribution in [3.63, 3.8) is 0 Å². The van der Waals surface area contributed by atoms with Crippen LogP contribution < -0.4 is 4.90 Å². The fraction of sp³-hybridized carbons (Fsp3) is 0. The molecule has 1 aliphatic heterocycles. The minimum atomic E-state index is -5.02. The van der Waals surface area contributed by atoms with Crippen molar-refractivity contribution in [1.29, 1.82) is 0 Å². The zero-order chi connectivity index (χ0) is 27.8. The molecule has 5 rings (SSSR count). The third-order valence-corrected chi connectivity index (χ3v) is 7.82. The Kier molecular flexibility index (Phi) is 6.74. The molecule has 0 atom stereocenters. The van der Waals surface area contributed by atoms with E-state index in [0.29, 0.717) is 5.56 Å². The van der Waals surface area contributed by atoms with Gasteiger partial charge < -0.3 is 0 Å². The van der Waals surface area contributed by atoms with E-state index in [1.165, 1.54) is 30.3 Å². The van der Waals surface area contributed by atoms with Gasteiger partial charge in [0.25, 0.3) is 26.1 Å². The van der Waals surface area contributed by atoms with Crippen LogP contribution in [0.5, 0.6) is 0 Å². The predicted octanol–water partition coefficient (Wildman–Crippen LogP) is 4.72. The van der Waals surface area contributed by atoms with E-state index >= 15 is 0 Å². The summed E-state index contributed by atoms with van der Waals surface area (Å²) < 4.78 is 69.1. The number of anilines is 1. The Balaban J connectivity index is 1.73. The summed E-state index contributed by atoms with van der Waals surface area (Å²) in [6.45, 7) is 0. The van der Waals surface area contributed by atoms with Gasteiger partial charge in [-0.1, -0.05) is 91.0 Å². The lowest BCUT2D eigenvalue weighted by molar-refractivity contribution is -0.113. The Morgan fingerprint density at radius 2 is 1.38 bits per heavy atom. The van der Waals surface area contributed by atoms with Crippen LogP contribution in [0.3, 0.4) is 0 Å². The number of carbonyl (C=O) groups is 1. The second-order valence-corrected chi connectivity index (χ2v) is 11.2. The van der Waals surface area contributed by atoms with E-state index in [1.54, 1.807) is 42.5 Å². The van der Waals surface area contributed by atoms with Gasteiger partial charge in [-0.2, -0.15) is 16.8 Å². The van der Waals surface area contributed by atoms with E-state index in [1.807, 2.05) is 30.3 Å². The fourth-order valence-corrected chi connectivity index (χ4v) is 5.90. The molecule has 0 radical (unpaired) electrons. The summed E-state index contributed by atoms with van der Waals surface area (Å²) in [5, 5.41) is -0.352. The first-order chi connectivity index (χ1) is 18.6. The molecule has 4 aromatic carbocycles. The fourth-order valence-electron chi connectivity index (χ4n) is 4.31. The standard InChI is InChI=1S/C28H20N2O7S2/c31-28-23(15-7-11-19-9-3-1-4-10-19)29-27(20-12-5-2-6-13-20)30(28)24-18-17-21-22(26(24)39(35,36)37)14-8-16-25(21)38(32,33)34/h1-18H,(H,32,33,34)(H,35,36,37). The van der Waals surface area contributed by atoms with Gasteiger partial charge in [0.1, 0.15) is 21.3 Å². The van der Waals surface area contributed by atoms with Crippen molar-refractivity contribution in [2.75, 3.05) is 4.90 Å². The van der Waals surface area contributed by atoms with E-state index < -0.39 is 35.9 Å². The molecule has 196 valence electrons. The number of hydrogen-bond donors (Lipinski definition) is 2. The molecule has 0 unspecified atom stereocenters. The lowest BCUT2D eigenvalue weighted by atomic mass is 10.1. The molecule has 0 spiro atoms. The SMILES string of the molecule is O=C1C(=CC=Cc2ccccc2)N=C(c2ccccc2)N1c1ccc2c(S(=O)(=O)O)cccc2c1S(=O)(=O)O. The van der Waals surface area contributed by atoms with Gasteiger partial charge in [0, 0.05) is 16.3 Å². The molecule has 9 nitrogen and oxygen atoms in total. The van der Waals surface area contributed by atoms with Gasteiger partial charge in [-0.05, 0) is 23.8 Å². The molecule has 0 aliphatic carbocycles. The van der Waals surface area contributed by atoms with E-state index in [2.05, 4.69) is 4.99 Å². The topological polar surface area (TPSA) is 141 Å². The number of benzene rings is 4. The lowest BCUT2D eigenvalue weighted by Crippen LogP contribution is -2.34. The summed E-state index contributed by atoms with van der Waals surface area (Å²) in [4.78, 5) is 18.0. The third-order valence-electron chi connectivity index (χ3n) is 5.96. The Morgan fingerprint density at radius 3 is 2.03 bits per heavy atom. The van der Waals surface area contributed by atoms with Crippen LogP contribution in [0.1, 0.15) is 11.1 Å². The molecule has 1 amide bonds. The number of fused-ring (bicyclic) bond motifs is 1. The molecule has 0 fully saturated rings. The second-order valence-electron chi connectivity index (χ2n) is 8.48. The number of carbonyl (C=O) groups excluding carboxylic acids is 1. The zero-order valence-corrected chi connectivity index (χ0v) is 21.7. The molecule has 0 aromatic heterocycles. The first-order valence-corrected chi connectivity index (χ1v) is 14.4. The summed E-state index contributed by atoms with van der Waals surface area (Å²) in [7, 11) is -9.75. The van der Waals surface area contributed by atoms with Crippen LogP contribution in [0, 0.1) is 0 Å². The lowest BCUT2D eigenvalue weighted by Gasteiger charge is -2.22. The maximum atomic E-state index is 13.7. The maximum absolute atomic E-state index is 13.7. The highest BCUT2D eigenvalue weighted by molar-refractivity contribution is 7.86. The van der Waals surface area contributed by atoms with Crippen LogP contribution in [0.4, 0.5) is 5.69 Å². The van der Waals surface area contributed by atoms with Gasteiger partial charge in [-0.15, -0.1) is 0 Å². The minimum Gasteiger partial charge on any atom is -0.282 e. The van der Waals surface area contributed by atoms with Crippen molar-refractivity contribution < 1.29 is 30.7 Å². The van der Waals surface area contributed by atoms with E-state index in [-0.39, 0.29) is 28.0 Å². The molecule has 0 saturated heterocycles. The van der Waals surface area contributed by atoms with Crippen LogP contribution in [0.2, 0.25) is 0 Å². The minimum absolute atomic E-state index is 0.00843. The number of rotatable bonds is 6. The maximum Gasteiger partial charge on any atom is 0.297 e. The summed E-state index contributed by atoms with van der Waals surface area (Å²) in [6.07, 6.45) is 4.90. The normalized spacial score (nSPS) is 15.4. The molecular formula is C28H20N2O7S2. The molecule has 0 saturated carbocycles. The van der Waals surface area contributed by atoms with Gasteiger partial charge in [-0.25, -0.2) is 4.99 Å². The largest absolute Gasteiger partial charge is 0.297 e. The van der Waals surface area contributed by atoms with Crippen LogP contribution >= 0.6 is 0 Å². The van der Waals surface area contributed by atoms with Crippen molar-refractivity contribution >= 4 is 54.5 Å². The second kappa shape index (κ2) is 10.0. The van der Waals surface area contributed by atoms with Gasteiger partial charge >= 0.3 is 0 Å². The molecule has 1 heterocycles. The summed E-state index contributed by atoms with van der Waals surface area (Å²) in [6, 6.07) is 24.0. The number of allylic oxidation sites excluding steroid dienone is 2. The number of nitrogens with zero attached hydrogens (tertiary/aromatic N) is 2. The summed E-state index contributed by atoms with van der Waals surface area (Å²) >= 11 is 0. The van der Waals surface area contributed by atoms with Gasteiger partial charge in [0.05, 0.1) is 5.69 Å². The van der Waals surface area contributed by atoms with Crippen molar-refractivity contribution in [1.82, 2.24) is 0 Å². The monoisotopic (exact) mass is 560 g/mol. The third kappa shape index (κ3) is 5.16. The Morgan fingerprint density at radius 1 is 0.718 bits per heavy atom. The number of amides is 1. The average molecular weight is 561 g/mol. The summed E-state index contributed by atoms with van der Waals surface area (Å²) in [5.41, 5.74) is 1.16. The van der Waals surface area contributed by atoms with Crippen molar-refractivity contribution in [2.24, 2.45) is 4.99 Å². The van der Waals surface area contributed by atoms with Gasteiger partial charge in [-0.3, -0.25) is 18.8 Å². The van der Waals surface area contributed by atoms with E-state index in [9.17, 15) is 30.7 Å². The molecule has 2 N–H and O–H groups in total. The highest BCUT2D eigenvalue weighted by atomic mass is 32.2. The Bertz CT molecular complexity index is 1920. The van der Waals surface area contributed by atoms with Crippen LogP contribution in [0.25, 0.3) is 16.8 Å². The first-order valence-electron chi connectivity index (χ1n) is 11.5. The van der Waals surface area contributed by atoms with Crippen molar-refractivity contribution in [3.05, 3.63) is 120 Å². The average Bonchev–Trinajstić information content (AvgIpc) is 3.23. The molecular weight excluding hydrogens is 540 g/mol. The highest BCUT2D eigenvalue weighted by Crippen LogP contribution is 2.38.